The first kappa shape index (κ1) is 12.7. The van der Waals surface area contributed by atoms with E-state index in [9.17, 15) is 4.79 Å². The molecule has 3 heterocycles. The molecule has 0 aliphatic carbocycles. The number of likely N-dealkylation sites (tertiary alicyclic amines) is 1. The van der Waals surface area contributed by atoms with Crippen LogP contribution >= 0.6 is 0 Å². The Balaban J connectivity index is 1.83. The summed E-state index contributed by atoms with van der Waals surface area (Å²) in [6.45, 7) is 5.38. The highest BCUT2D eigenvalue weighted by Crippen LogP contribution is 2.36. The molecule has 2 fully saturated rings. The molecule has 5 heteroatoms. The van der Waals surface area contributed by atoms with Gasteiger partial charge in [0.05, 0.1) is 11.7 Å². The number of nitrogens with zero attached hydrogens (tertiary/aromatic N) is 2. The molecule has 5 nitrogen and oxygen atoms in total. The summed E-state index contributed by atoms with van der Waals surface area (Å²) in [5, 5.41) is 4.01. The Morgan fingerprint density at radius 2 is 2.16 bits per heavy atom. The van der Waals surface area contributed by atoms with Crippen LogP contribution in [-0.4, -0.2) is 35.2 Å². The van der Waals surface area contributed by atoms with E-state index >= 15 is 0 Å². The molecule has 3 rings (SSSR count). The largest absolute Gasteiger partial charge is 0.368 e. The molecule has 0 bridgehead atoms. The zero-order valence-corrected chi connectivity index (χ0v) is 11.5. The minimum Gasteiger partial charge on any atom is -0.368 e. The lowest BCUT2D eigenvalue weighted by molar-refractivity contribution is -0.141. The third kappa shape index (κ3) is 2.16. The Kier molecular flexibility index (Phi) is 3.31. The molecule has 1 aromatic heterocycles. The minimum absolute atomic E-state index is 0.114. The van der Waals surface area contributed by atoms with Crippen molar-refractivity contribution in [3.05, 3.63) is 17.0 Å². The van der Waals surface area contributed by atoms with Crippen LogP contribution in [0.4, 0.5) is 0 Å². The summed E-state index contributed by atoms with van der Waals surface area (Å²) in [6, 6.07) is 0.114. The quantitative estimate of drug-likeness (QED) is 0.821. The third-order valence-corrected chi connectivity index (χ3v) is 4.16. The summed E-state index contributed by atoms with van der Waals surface area (Å²) in [7, 11) is 0. The van der Waals surface area contributed by atoms with Gasteiger partial charge in [0.15, 0.2) is 0 Å². The Morgan fingerprint density at radius 3 is 2.79 bits per heavy atom. The van der Waals surface area contributed by atoms with Gasteiger partial charge in [-0.2, -0.15) is 0 Å². The SMILES string of the molecule is Cc1noc(C)c1[C@H]1CCCN1C(=O)[C@@H]1CCCO1. The molecule has 2 atom stereocenters. The maximum absolute atomic E-state index is 12.5. The molecule has 2 aliphatic rings. The third-order valence-electron chi connectivity index (χ3n) is 4.16. The van der Waals surface area contributed by atoms with Crippen molar-refractivity contribution in [2.24, 2.45) is 0 Å². The molecule has 0 N–H and O–H groups in total. The van der Waals surface area contributed by atoms with Crippen LogP contribution in [0.25, 0.3) is 0 Å². The molecule has 0 unspecified atom stereocenters. The van der Waals surface area contributed by atoms with Gasteiger partial charge in [-0.3, -0.25) is 4.79 Å². The molecule has 0 spiro atoms. The molecule has 2 aliphatic heterocycles. The summed E-state index contributed by atoms with van der Waals surface area (Å²) < 4.78 is 10.8. The van der Waals surface area contributed by atoms with Crippen LogP contribution in [0.3, 0.4) is 0 Å². The minimum atomic E-state index is -0.235. The first-order valence-corrected chi connectivity index (χ1v) is 7.03. The van der Waals surface area contributed by atoms with E-state index in [1.807, 2.05) is 18.7 Å². The monoisotopic (exact) mass is 264 g/mol. The van der Waals surface area contributed by atoms with Gasteiger partial charge in [0.25, 0.3) is 5.91 Å². The van der Waals surface area contributed by atoms with E-state index in [-0.39, 0.29) is 18.1 Å². The summed E-state index contributed by atoms with van der Waals surface area (Å²) in [6.07, 6.45) is 3.62. The van der Waals surface area contributed by atoms with Crippen LogP contribution < -0.4 is 0 Å². The maximum Gasteiger partial charge on any atom is 0.252 e. The number of carbonyl (C=O) groups excluding carboxylic acids is 1. The van der Waals surface area contributed by atoms with E-state index in [1.165, 1.54) is 0 Å². The van der Waals surface area contributed by atoms with Crippen molar-refractivity contribution >= 4 is 5.91 Å². The second-order valence-electron chi connectivity index (χ2n) is 5.43. The van der Waals surface area contributed by atoms with Gasteiger partial charge in [0, 0.05) is 18.7 Å². The van der Waals surface area contributed by atoms with E-state index in [1.54, 1.807) is 0 Å². The molecule has 19 heavy (non-hydrogen) atoms. The van der Waals surface area contributed by atoms with Crippen molar-refractivity contribution in [1.29, 1.82) is 0 Å². The summed E-state index contributed by atoms with van der Waals surface area (Å²) >= 11 is 0. The van der Waals surface area contributed by atoms with Gasteiger partial charge in [-0.05, 0) is 39.5 Å². The van der Waals surface area contributed by atoms with Gasteiger partial charge in [0.1, 0.15) is 11.9 Å². The number of amides is 1. The average Bonchev–Trinajstić information content (AvgIpc) is 3.10. The molecule has 1 amide bonds. The average molecular weight is 264 g/mol. The second-order valence-corrected chi connectivity index (χ2v) is 5.43. The predicted octanol–water partition coefficient (Wildman–Crippen LogP) is 2.13. The highest BCUT2D eigenvalue weighted by atomic mass is 16.5. The van der Waals surface area contributed by atoms with Crippen molar-refractivity contribution in [2.75, 3.05) is 13.2 Å². The molecule has 104 valence electrons. The van der Waals surface area contributed by atoms with E-state index < -0.39 is 0 Å². The van der Waals surface area contributed by atoms with Crippen molar-refractivity contribution in [3.8, 4) is 0 Å². The van der Waals surface area contributed by atoms with Crippen LogP contribution in [0.15, 0.2) is 4.52 Å². The Morgan fingerprint density at radius 1 is 1.32 bits per heavy atom. The van der Waals surface area contributed by atoms with E-state index in [4.69, 9.17) is 9.26 Å². The first-order valence-electron chi connectivity index (χ1n) is 7.03. The Hall–Kier alpha value is -1.36. The lowest BCUT2D eigenvalue weighted by Crippen LogP contribution is -2.38. The van der Waals surface area contributed by atoms with Crippen molar-refractivity contribution in [2.45, 2.75) is 51.7 Å². The first-order chi connectivity index (χ1) is 9.18. The van der Waals surface area contributed by atoms with E-state index in [2.05, 4.69) is 5.16 Å². The summed E-state index contributed by atoms with van der Waals surface area (Å²) in [4.78, 5) is 14.5. The smallest absolute Gasteiger partial charge is 0.252 e. The molecular formula is C14H20N2O3. The van der Waals surface area contributed by atoms with Crippen LogP contribution in [0.5, 0.6) is 0 Å². The molecular weight excluding hydrogens is 244 g/mol. The molecule has 1 aromatic rings. The van der Waals surface area contributed by atoms with Gasteiger partial charge in [0.2, 0.25) is 0 Å². The van der Waals surface area contributed by atoms with Crippen molar-refractivity contribution in [1.82, 2.24) is 10.1 Å². The number of ether oxygens (including phenoxy) is 1. The topological polar surface area (TPSA) is 55.6 Å². The Bertz CT molecular complexity index is 458. The maximum atomic E-state index is 12.5. The van der Waals surface area contributed by atoms with Crippen molar-refractivity contribution in [3.63, 3.8) is 0 Å². The fraction of sp³-hybridized carbons (Fsp3) is 0.714. The fourth-order valence-corrected chi connectivity index (χ4v) is 3.25. The number of hydrogen-bond acceptors (Lipinski definition) is 4. The van der Waals surface area contributed by atoms with Crippen molar-refractivity contribution < 1.29 is 14.1 Å². The predicted molar refractivity (Wildman–Crippen MR) is 68.6 cm³/mol. The lowest BCUT2D eigenvalue weighted by Gasteiger charge is -2.27. The fourth-order valence-electron chi connectivity index (χ4n) is 3.25. The number of aryl methyl sites for hydroxylation is 2. The normalized spacial score (nSPS) is 27.2. The zero-order valence-electron chi connectivity index (χ0n) is 11.5. The van der Waals surface area contributed by atoms with Gasteiger partial charge in [-0.15, -0.1) is 0 Å². The molecule has 0 radical (unpaired) electrons. The van der Waals surface area contributed by atoms with Crippen LogP contribution in [0.2, 0.25) is 0 Å². The molecule has 0 aromatic carbocycles. The highest BCUT2D eigenvalue weighted by Gasteiger charge is 2.37. The number of carbonyl (C=O) groups is 1. The van der Waals surface area contributed by atoms with Crippen LogP contribution in [-0.2, 0) is 9.53 Å². The molecule has 2 saturated heterocycles. The van der Waals surface area contributed by atoms with Gasteiger partial charge in [-0.25, -0.2) is 0 Å². The highest BCUT2D eigenvalue weighted by molar-refractivity contribution is 5.82. The van der Waals surface area contributed by atoms with E-state index in [0.29, 0.717) is 6.61 Å². The number of aromatic nitrogens is 1. The van der Waals surface area contributed by atoms with Crippen LogP contribution in [0, 0.1) is 13.8 Å². The standard InChI is InChI=1S/C14H20N2O3/c1-9-13(10(2)19-15-9)11-5-3-7-16(11)14(17)12-6-4-8-18-12/h11-12H,3-8H2,1-2H3/t11-,12+/m1/s1. The summed E-state index contributed by atoms with van der Waals surface area (Å²) in [5.74, 6) is 0.967. The Labute approximate surface area is 112 Å². The second kappa shape index (κ2) is 4.96. The molecule has 0 saturated carbocycles. The van der Waals surface area contributed by atoms with Gasteiger partial charge in [-0.1, -0.05) is 5.16 Å². The number of rotatable bonds is 2. The zero-order chi connectivity index (χ0) is 13.4. The lowest BCUT2D eigenvalue weighted by atomic mass is 10.0. The van der Waals surface area contributed by atoms with Gasteiger partial charge < -0.3 is 14.2 Å². The van der Waals surface area contributed by atoms with E-state index in [0.717, 1.165) is 49.2 Å². The van der Waals surface area contributed by atoms with Crippen LogP contribution in [0.1, 0.15) is 48.7 Å². The van der Waals surface area contributed by atoms with Gasteiger partial charge >= 0.3 is 0 Å². The summed E-state index contributed by atoms with van der Waals surface area (Å²) in [5.41, 5.74) is 1.98. The number of hydrogen-bond donors (Lipinski definition) is 0.